The van der Waals surface area contributed by atoms with Gasteiger partial charge in [0.15, 0.2) is 5.16 Å². The maximum Gasteiger partial charge on any atom is 0.237 e. The van der Waals surface area contributed by atoms with Crippen molar-refractivity contribution < 1.29 is 4.79 Å². The molecule has 0 radical (unpaired) electrons. The van der Waals surface area contributed by atoms with E-state index in [2.05, 4.69) is 35.6 Å². The van der Waals surface area contributed by atoms with Gasteiger partial charge in [-0.3, -0.25) is 4.79 Å². The number of hydrogen-bond donors (Lipinski definition) is 1. The van der Waals surface area contributed by atoms with Crippen LogP contribution in [0.5, 0.6) is 0 Å². The van der Waals surface area contributed by atoms with Crippen molar-refractivity contribution >= 4 is 35.0 Å². The number of rotatable bonds is 6. The third-order valence-electron chi connectivity index (χ3n) is 3.98. The Kier molecular flexibility index (Phi) is 6.74. The number of imidazole rings is 1. The van der Waals surface area contributed by atoms with E-state index >= 15 is 0 Å². The van der Waals surface area contributed by atoms with Crippen LogP contribution < -0.4 is 5.32 Å². The molecule has 1 aromatic heterocycles. The number of benzene rings is 1. The van der Waals surface area contributed by atoms with Gasteiger partial charge in [-0.1, -0.05) is 37.2 Å². The van der Waals surface area contributed by atoms with Crippen molar-refractivity contribution in [1.29, 1.82) is 5.26 Å². The molecular formula is C19H23ClN4OS. The molecule has 0 aliphatic carbocycles. The van der Waals surface area contributed by atoms with E-state index in [0.29, 0.717) is 22.2 Å². The Hall–Kier alpha value is -1.97. The molecule has 1 unspecified atom stereocenters. The van der Waals surface area contributed by atoms with E-state index in [-0.39, 0.29) is 11.2 Å². The quantitative estimate of drug-likeness (QED) is 0.719. The zero-order chi connectivity index (χ0) is 19.4. The number of carbonyl (C=O) groups is 1. The second-order valence-electron chi connectivity index (χ2n) is 6.63. The van der Waals surface area contributed by atoms with Crippen molar-refractivity contribution in [3.8, 4) is 6.07 Å². The Labute approximate surface area is 163 Å². The summed E-state index contributed by atoms with van der Waals surface area (Å²) in [6.07, 6.45) is 0. The topological polar surface area (TPSA) is 70.7 Å². The van der Waals surface area contributed by atoms with Crippen LogP contribution in [0.4, 0.5) is 5.69 Å². The average molecular weight is 391 g/mol. The highest BCUT2D eigenvalue weighted by Gasteiger charge is 2.20. The van der Waals surface area contributed by atoms with Gasteiger partial charge >= 0.3 is 0 Å². The third-order valence-corrected chi connectivity index (χ3v) is 5.38. The highest BCUT2D eigenvalue weighted by atomic mass is 35.5. The predicted octanol–water partition coefficient (Wildman–Crippen LogP) is 4.80. The zero-order valence-electron chi connectivity index (χ0n) is 15.6. The lowest BCUT2D eigenvalue weighted by Crippen LogP contribution is -2.23. The Morgan fingerprint density at radius 3 is 2.65 bits per heavy atom. The fraction of sp³-hybridized carbons (Fsp3) is 0.421. The summed E-state index contributed by atoms with van der Waals surface area (Å²) in [5, 5.41) is 12.6. The summed E-state index contributed by atoms with van der Waals surface area (Å²) in [5.41, 5.74) is 3.07. The van der Waals surface area contributed by atoms with Crippen molar-refractivity contribution in [2.75, 3.05) is 5.32 Å². The number of aromatic nitrogens is 2. The van der Waals surface area contributed by atoms with E-state index in [9.17, 15) is 4.79 Å². The molecule has 138 valence electrons. The van der Waals surface area contributed by atoms with E-state index in [1.54, 1.807) is 18.2 Å². The zero-order valence-corrected chi connectivity index (χ0v) is 17.2. The average Bonchev–Trinajstić information content (AvgIpc) is 2.82. The lowest BCUT2D eigenvalue weighted by atomic mass is 10.2. The monoisotopic (exact) mass is 390 g/mol. The summed E-state index contributed by atoms with van der Waals surface area (Å²) in [5.74, 6) is 0.358. The van der Waals surface area contributed by atoms with Crippen LogP contribution >= 0.6 is 23.4 Å². The van der Waals surface area contributed by atoms with Crippen LogP contribution in [0.15, 0.2) is 23.4 Å². The minimum absolute atomic E-state index is 0.134. The molecule has 0 saturated heterocycles. The minimum atomic E-state index is -0.323. The van der Waals surface area contributed by atoms with Gasteiger partial charge in [0.1, 0.15) is 6.07 Å². The van der Waals surface area contributed by atoms with Crippen LogP contribution in [0, 0.1) is 31.1 Å². The lowest BCUT2D eigenvalue weighted by molar-refractivity contribution is -0.115. The van der Waals surface area contributed by atoms with Crippen molar-refractivity contribution in [1.82, 2.24) is 9.55 Å². The van der Waals surface area contributed by atoms with Gasteiger partial charge in [-0.25, -0.2) is 4.98 Å². The smallest absolute Gasteiger partial charge is 0.237 e. The lowest BCUT2D eigenvalue weighted by Gasteiger charge is -2.15. The number of aryl methyl sites for hydroxylation is 1. The fourth-order valence-corrected chi connectivity index (χ4v) is 3.67. The number of amides is 1. The molecule has 0 aliphatic heterocycles. The largest absolute Gasteiger partial charge is 0.325 e. The highest BCUT2D eigenvalue weighted by molar-refractivity contribution is 8.00. The number of thioether (sulfide) groups is 1. The SMILES string of the molecule is Cc1nc(SC(C)C(=O)Nc2ccc(C#N)c(Cl)c2)n(CC(C)C)c1C. The molecule has 26 heavy (non-hydrogen) atoms. The minimum Gasteiger partial charge on any atom is -0.325 e. The molecule has 1 N–H and O–H groups in total. The van der Waals surface area contributed by atoms with E-state index in [1.165, 1.54) is 11.8 Å². The van der Waals surface area contributed by atoms with Crippen LogP contribution in [0.25, 0.3) is 0 Å². The number of hydrogen-bond acceptors (Lipinski definition) is 4. The van der Waals surface area contributed by atoms with Crippen LogP contribution in [0.3, 0.4) is 0 Å². The third kappa shape index (κ3) is 4.80. The first-order valence-electron chi connectivity index (χ1n) is 8.43. The van der Waals surface area contributed by atoms with Gasteiger partial charge in [-0.05, 0) is 44.9 Å². The molecule has 0 fully saturated rings. The summed E-state index contributed by atoms with van der Waals surface area (Å²) in [4.78, 5) is 17.1. The maximum absolute atomic E-state index is 12.5. The molecular weight excluding hydrogens is 368 g/mol. The Balaban J connectivity index is 2.11. The van der Waals surface area contributed by atoms with E-state index < -0.39 is 0 Å². The first-order valence-corrected chi connectivity index (χ1v) is 9.69. The summed E-state index contributed by atoms with van der Waals surface area (Å²) in [7, 11) is 0. The van der Waals surface area contributed by atoms with E-state index in [4.69, 9.17) is 16.9 Å². The number of nitriles is 1. The summed E-state index contributed by atoms with van der Waals surface area (Å²) in [6.45, 7) is 11.1. The van der Waals surface area contributed by atoms with Crippen molar-refractivity contribution in [3.63, 3.8) is 0 Å². The van der Waals surface area contributed by atoms with Gasteiger partial charge < -0.3 is 9.88 Å². The van der Waals surface area contributed by atoms with Gasteiger partial charge in [-0.15, -0.1) is 0 Å². The molecule has 2 aromatic rings. The van der Waals surface area contributed by atoms with Gasteiger partial charge in [0, 0.05) is 17.9 Å². The number of nitrogens with zero attached hydrogens (tertiary/aromatic N) is 3. The number of carbonyl (C=O) groups excluding carboxylic acids is 1. The number of anilines is 1. The first-order chi connectivity index (χ1) is 12.2. The summed E-state index contributed by atoms with van der Waals surface area (Å²) >= 11 is 7.46. The summed E-state index contributed by atoms with van der Waals surface area (Å²) in [6, 6.07) is 6.86. The van der Waals surface area contributed by atoms with Crippen molar-refractivity contribution in [3.05, 3.63) is 40.2 Å². The van der Waals surface area contributed by atoms with Crippen molar-refractivity contribution in [2.45, 2.75) is 51.6 Å². The molecule has 0 saturated carbocycles. The number of nitrogens with one attached hydrogen (secondary N) is 1. The summed E-state index contributed by atoms with van der Waals surface area (Å²) < 4.78 is 2.17. The Bertz CT molecular complexity index is 854. The normalized spacial score (nSPS) is 12.1. The Morgan fingerprint density at radius 2 is 2.08 bits per heavy atom. The molecule has 5 nitrogen and oxygen atoms in total. The second kappa shape index (κ2) is 8.61. The van der Waals surface area contributed by atoms with Gasteiger partial charge in [0.25, 0.3) is 0 Å². The molecule has 2 rings (SSSR count). The van der Waals surface area contributed by atoms with Crippen LogP contribution in [0.2, 0.25) is 5.02 Å². The molecule has 1 heterocycles. The van der Waals surface area contributed by atoms with E-state index in [1.807, 2.05) is 19.9 Å². The van der Waals surface area contributed by atoms with Gasteiger partial charge in [0.05, 0.1) is 21.5 Å². The molecule has 0 aliphatic rings. The fourth-order valence-electron chi connectivity index (χ4n) is 2.43. The number of halogens is 1. The molecule has 0 bridgehead atoms. The van der Waals surface area contributed by atoms with Crippen LogP contribution in [0.1, 0.15) is 37.7 Å². The second-order valence-corrected chi connectivity index (χ2v) is 8.34. The van der Waals surface area contributed by atoms with Crippen LogP contribution in [-0.4, -0.2) is 20.7 Å². The van der Waals surface area contributed by atoms with Gasteiger partial charge in [-0.2, -0.15) is 5.26 Å². The standard InChI is InChI=1S/C19H23ClN4OS/c1-11(2)10-24-13(4)12(3)22-19(24)26-14(5)18(25)23-16-7-6-15(9-21)17(20)8-16/h6-8,11,14H,10H2,1-5H3,(H,23,25). The molecule has 1 atom stereocenters. The van der Waals surface area contributed by atoms with Crippen LogP contribution in [-0.2, 0) is 11.3 Å². The first kappa shape index (κ1) is 20.3. The van der Waals surface area contributed by atoms with Gasteiger partial charge in [0.2, 0.25) is 5.91 Å². The highest BCUT2D eigenvalue weighted by Crippen LogP contribution is 2.27. The molecule has 1 amide bonds. The maximum atomic E-state index is 12.5. The molecule has 7 heteroatoms. The molecule has 0 spiro atoms. The van der Waals surface area contributed by atoms with Crippen molar-refractivity contribution in [2.24, 2.45) is 5.92 Å². The molecule has 1 aromatic carbocycles. The van der Waals surface area contributed by atoms with E-state index in [0.717, 1.165) is 23.1 Å². The predicted molar refractivity (Wildman–Crippen MR) is 107 cm³/mol. The Morgan fingerprint density at radius 1 is 1.38 bits per heavy atom.